The van der Waals surface area contributed by atoms with Crippen molar-refractivity contribution in [2.24, 2.45) is 0 Å². The van der Waals surface area contributed by atoms with Crippen LogP contribution in [0.5, 0.6) is 5.75 Å². The van der Waals surface area contributed by atoms with Crippen LogP contribution in [0.4, 0.5) is 11.4 Å². The van der Waals surface area contributed by atoms with Crippen molar-refractivity contribution in [3.05, 3.63) is 59.8 Å². The third-order valence-electron chi connectivity index (χ3n) is 4.09. The molecule has 2 aromatic carbocycles. The van der Waals surface area contributed by atoms with E-state index in [4.69, 9.17) is 16.3 Å². The smallest absolute Gasteiger partial charge is 0.265 e. The third-order valence-corrected chi connectivity index (χ3v) is 4.32. The molecule has 26 heavy (non-hydrogen) atoms. The number of hydrogen-bond acceptors (Lipinski definition) is 4. The molecule has 0 fully saturated rings. The van der Waals surface area contributed by atoms with Gasteiger partial charge in [-0.25, -0.2) is 0 Å². The number of hydrogen-bond donors (Lipinski definition) is 1. The van der Waals surface area contributed by atoms with Gasteiger partial charge in [-0.1, -0.05) is 17.7 Å². The first-order valence-electron chi connectivity index (χ1n) is 7.98. The summed E-state index contributed by atoms with van der Waals surface area (Å²) in [5.74, 6) is -0.0896. The van der Waals surface area contributed by atoms with Gasteiger partial charge in [0.15, 0.2) is 6.61 Å². The standard InChI is InChI=1S/C19H14ClN3O3/c20-12-6-7-17-16(9-12)23(19(25)11-26-17)10-18(24)22-15-5-1-4-14-13(15)3-2-8-21-14/h1-9H,10-11H2,(H,22,24). The Kier molecular flexibility index (Phi) is 4.18. The van der Waals surface area contributed by atoms with Crippen molar-refractivity contribution in [2.75, 3.05) is 23.4 Å². The highest BCUT2D eigenvalue weighted by molar-refractivity contribution is 6.31. The van der Waals surface area contributed by atoms with E-state index in [1.807, 2.05) is 24.3 Å². The molecule has 3 aromatic rings. The number of rotatable bonds is 3. The van der Waals surface area contributed by atoms with E-state index in [9.17, 15) is 9.59 Å². The zero-order valence-electron chi connectivity index (χ0n) is 13.6. The molecular weight excluding hydrogens is 354 g/mol. The molecule has 1 aliphatic rings. The SMILES string of the molecule is O=C(CN1C(=O)COc2ccc(Cl)cc21)Nc1cccc2ncccc12. The minimum atomic E-state index is -0.317. The van der Waals surface area contributed by atoms with E-state index in [0.29, 0.717) is 22.1 Å². The Morgan fingerprint density at radius 1 is 1.23 bits per heavy atom. The molecule has 1 aliphatic heterocycles. The first-order valence-corrected chi connectivity index (χ1v) is 8.36. The lowest BCUT2D eigenvalue weighted by Crippen LogP contribution is -2.43. The van der Waals surface area contributed by atoms with Gasteiger partial charge in [-0.15, -0.1) is 0 Å². The Balaban J connectivity index is 1.59. The molecule has 7 heteroatoms. The number of anilines is 2. The minimum absolute atomic E-state index is 0.111. The summed E-state index contributed by atoms with van der Waals surface area (Å²) in [6, 6.07) is 14.2. The summed E-state index contributed by atoms with van der Waals surface area (Å²) in [7, 11) is 0. The molecule has 0 saturated carbocycles. The number of carbonyl (C=O) groups is 2. The average Bonchev–Trinajstić information content (AvgIpc) is 2.64. The van der Waals surface area contributed by atoms with Crippen LogP contribution in [0.15, 0.2) is 54.7 Å². The maximum Gasteiger partial charge on any atom is 0.265 e. The van der Waals surface area contributed by atoms with E-state index in [2.05, 4.69) is 10.3 Å². The van der Waals surface area contributed by atoms with Gasteiger partial charge in [-0.2, -0.15) is 0 Å². The number of nitrogens with zero attached hydrogens (tertiary/aromatic N) is 2. The molecule has 130 valence electrons. The quantitative estimate of drug-likeness (QED) is 0.771. The first kappa shape index (κ1) is 16.4. The molecule has 0 atom stereocenters. The summed E-state index contributed by atoms with van der Waals surface area (Å²) in [4.78, 5) is 30.4. The molecule has 0 bridgehead atoms. The van der Waals surface area contributed by atoms with Gasteiger partial charge in [0.05, 0.1) is 16.9 Å². The van der Waals surface area contributed by atoms with Crippen LogP contribution in [0.2, 0.25) is 5.02 Å². The number of aromatic nitrogens is 1. The molecule has 0 spiro atoms. The summed E-state index contributed by atoms with van der Waals surface area (Å²) in [5, 5.41) is 4.15. The largest absolute Gasteiger partial charge is 0.482 e. The Morgan fingerprint density at radius 2 is 2.12 bits per heavy atom. The topological polar surface area (TPSA) is 71.5 Å². The van der Waals surface area contributed by atoms with Gasteiger partial charge in [-0.3, -0.25) is 19.5 Å². The fourth-order valence-corrected chi connectivity index (χ4v) is 3.06. The van der Waals surface area contributed by atoms with Crippen LogP contribution in [0.3, 0.4) is 0 Å². The monoisotopic (exact) mass is 367 g/mol. The molecule has 0 aliphatic carbocycles. The maximum atomic E-state index is 12.6. The lowest BCUT2D eigenvalue weighted by molar-refractivity contribution is -0.123. The lowest BCUT2D eigenvalue weighted by atomic mass is 10.2. The van der Waals surface area contributed by atoms with E-state index in [1.54, 1.807) is 30.5 Å². The van der Waals surface area contributed by atoms with Crippen molar-refractivity contribution < 1.29 is 14.3 Å². The molecule has 2 amide bonds. The summed E-state index contributed by atoms with van der Waals surface area (Å²) in [6.45, 7) is -0.244. The van der Waals surface area contributed by atoms with Crippen LogP contribution in [-0.2, 0) is 9.59 Å². The fourth-order valence-electron chi connectivity index (χ4n) is 2.89. The fraction of sp³-hybridized carbons (Fsp3) is 0.105. The predicted molar refractivity (Wildman–Crippen MR) is 99.7 cm³/mol. The molecule has 4 rings (SSSR count). The minimum Gasteiger partial charge on any atom is -0.482 e. The summed E-state index contributed by atoms with van der Waals surface area (Å²) < 4.78 is 5.39. The molecular formula is C19H14ClN3O3. The maximum absolute atomic E-state index is 12.6. The molecule has 0 saturated heterocycles. The number of halogens is 1. The van der Waals surface area contributed by atoms with Crippen molar-refractivity contribution in [1.82, 2.24) is 4.98 Å². The van der Waals surface area contributed by atoms with Gasteiger partial charge in [0.2, 0.25) is 5.91 Å². The van der Waals surface area contributed by atoms with Crippen LogP contribution < -0.4 is 15.0 Å². The molecule has 1 N–H and O–H groups in total. The summed E-state index contributed by atoms with van der Waals surface area (Å²) in [5.41, 5.74) is 1.92. The van der Waals surface area contributed by atoms with Crippen LogP contribution in [0.1, 0.15) is 0 Å². The van der Waals surface area contributed by atoms with E-state index in [-0.39, 0.29) is 25.0 Å². The molecule has 2 heterocycles. The second-order valence-corrected chi connectivity index (χ2v) is 6.24. The Bertz CT molecular complexity index is 1020. The van der Waals surface area contributed by atoms with Crippen molar-refractivity contribution >= 4 is 45.7 Å². The Morgan fingerprint density at radius 3 is 3.00 bits per heavy atom. The Hall–Kier alpha value is -3.12. The van der Waals surface area contributed by atoms with Gasteiger partial charge in [0.25, 0.3) is 5.91 Å². The van der Waals surface area contributed by atoms with Crippen molar-refractivity contribution in [1.29, 1.82) is 0 Å². The number of amides is 2. The highest BCUT2D eigenvalue weighted by Gasteiger charge is 2.27. The highest BCUT2D eigenvalue weighted by atomic mass is 35.5. The number of nitrogens with one attached hydrogen (secondary N) is 1. The van der Waals surface area contributed by atoms with Gasteiger partial charge >= 0.3 is 0 Å². The van der Waals surface area contributed by atoms with Crippen LogP contribution in [-0.4, -0.2) is 29.9 Å². The van der Waals surface area contributed by atoms with Crippen molar-refractivity contribution in [2.45, 2.75) is 0 Å². The Labute approximate surface area is 154 Å². The van der Waals surface area contributed by atoms with Gasteiger partial charge in [-0.05, 0) is 42.5 Å². The van der Waals surface area contributed by atoms with E-state index in [1.165, 1.54) is 4.90 Å². The highest BCUT2D eigenvalue weighted by Crippen LogP contribution is 2.34. The third kappa shape index (κ3) is 3.07. The van der Waals surface area contributed by atoms with Crippen molar-refractivity contribution in [3.63, 3.8) is 0 Å². The van der Waals surface area contributed by atoms with Crippen molar-refractivity contribution in [3.8, 4) is 5.75 Å². The van der Waals surface area contributed by atoms with E-state index in [0.717, 1.165) is 10.9 Å². The second kappa shape index (κ2) is 6.65. The van der Waals surface area contributed by atoms with Crippen LogP contribution >= 0.6 is 11.6 Å². The van der Waals surface area contributed by atoms with Gasteiger partial charge in [0, 0.05) is 16.6 Å². The van der Waals surface area contributed by atoms with E-state index >= 15 is 0 Å². The number of benzene rings is 2. The first-order chi connectivity index (χ1) is 12.6. The molecule has 0 unspecified atom stereocenters. The van der Waals surface area contributed by atoms with Crippen LogP contribution in [0.25, 0.3) is 10.9 Å². The average molecular weight is 368 g/mol. The van der Waals surface area contributed by atoms with Crippen LogP contribution in [0, 0.1) is 0 Å². The number of ether oxygens (including phenoxy) is 1. The second-order valence-electron chi connectivity index (χ2n) is 5.80. The number of carbonyl (C=O) groups excluding carboxylic acids is 2. The lowest BCUT2D eigenvalue weighted by Gasteiger charge is -2.29. The molecule has 6 nitrogen and oxygen atoms in total. The normalized spacial score (nSPS) is 13.3. The number of pyridine rings is 1. The molecule has 1 aromatic heterocycles. The van der Waals surface area contributed by atoms with E-state index < -0.39 is 0 Å². The zero-order chi connectivity index (χ0) is 18.1. The number of fused-ring (bicyclic) bond motifs is 2. The predicted octanol–water partition coefficient (Wildman–Crippen LogP) is 3.25. The van der Waals surface area contributed by atoms with Gasteiger partial charge in [0.1, 0.15) is 12.3 Å². The zero-order valence-corrected chi connectivity index (χ0v) is 14.4. The summed E-state index contributed by atoms with van der Waals surface area (Å²) in [6.07, 6.45) is 1.70. The summed E-state index contributed by atoms with van der Waals surface area (Å²) >= 11 is 6.02. The molecule has 0 radical (unpaired) electrons. The van der Waals surface area contributed by atoms with Gasteiger partial charge < -0.3 is 10.1 Å².